The number of hydrogen-bond acceptors (Lipinski definition) is 3. The van der Waals surface area contributed by atoms with Crippen molar-refractivity contribution in [3.63, 3.8) is 0 Å². The lowest BCUT2D eigenvalue weighted by atomic mass is 9.94. The average molecular weight is 301 g/mol. The van der Waals surface area contributed by atoms with Crippen LogP contribution in [0.2, 0.25) is 0 Å². The summed E-state index contributed by atoms with van der Waals surface area (Å²) in [6, 6.07) is 0. The van der Waals surface area contributed by atoms with E-state index in [0.717, 1.165) is 25.0 Å². The molecule has 0 aromatic rings. The van der Waals surface area contributed by atoms with Crippen molar-refractivity contribution in [2.45, 2.75) is 32.1 Å². The van der Waals surface area contributed by atoms with Crippen molar-refractivity contribution in [3.8, 4) is 0 Å². The van der Waals surface area contributed by atoms with Gasteiger partial charge >= 0.3 is 0 Å². The molecule has 0 amide bonds. The van der Waals surface area contributed by atoms with Crippen LogP contribution in [-0.2, 0) is 0 Å². The molecule has 0 spiro atoms. The molecule has 0 saturated carbocycles. The summed E-state index contributed by atoms with van der Waals surface area (Å²) in [6.07, 6.45) is 8.62. The van der Waals surface area contributed by atoms with Crippen LogP contribution in [0, 0.1) is 5.92 Å². The minimum absolute atomic E-state index is 0.887. The number of hydrogen-bond donors (Lipinski definition) is 2. The summed E-state index contributed by atoms with van der Waals surface area (Å²) < 4.78 is 0. The summed E-state index contributed by atoms with van der Waals surface area (Å²) in [7, 11) is 4.07. The van der Waals surface area contributed by atoms with Crippen molar-refractivity contribution in [2.24, 2.45) is 10.9 Å². The molecule has 0 radical (unpaired) electrons. The zero-order valence-electron chi connectivity index (χ0n) is 13.5. The number of nitrogens with one attached hydrogen (secondary N) is 2. The maximum absolute atomic E-state index is 4.28. The predicted octanol–water partition coefficient (Wildman–Crippen LogP) is 2.03. The quantitative estimate of drug-likeness (QED) is 0.409. The number of piperidine rings is 1. The van der Waals surface area contributed by atoms with E-state index in [0.29, 0.717) is 0 Å². The molecule has 5 heteroatoms. The molecule has 1 saturated heterocycles. The van der Waals surface area contributed by atoms with E-state index in [1.54, 1.807) is 0 Å². The first-order valence-electron chi connectivity index (χ1n) is 7.88. The third kappa shape index (κ3) is 8.00. The number of guanidine groups is 1. The van der Waals surface area contributed by atoms with Gasteiger partial charge in [-0.3, -0.25) is 4.99 Å². The molecule has 1 fully saturated rings. The number of thioether (sulfide) groups is 1. The van der Waals surface area contributed by atoms with Gasteiger partial charge < -0.3 is 15.5 Å². The molecule has 1 rings (SSSR count). The number of aliphatic imine (C=N–C) groups is 1. The van der Waals surface area contributed by atoms with Gasteiger partial charge in [0, 0.05) is 20.1 Å². The molecule has 0 unspecified atom stereocenters. The van der Waals surface area contributed by atoms with Gasteiger partial charge in [-0.2, -0.15) is 11.8 Å². The van der Waals surface area contributed by atoms with Crippen LogP contribution in [0.3, 0.4) is 0 Å². The monoisotopic (exact) mass is 300 g/mol. The standard InChI is InChI=1S/C15H32N4S/c1-16-15(17-9-4-5-13-20-3)18-10-6-14-7-11-19(2)12-8-14/h14H,4-13H2,1-3H3,(H2,16,17,18). The van der Waals surface area contributed by atoms with Gasteiger partial charge in [0.15, 0.2) is 5.96 Å². The Hall–Kier alpha value is -0.420. The van der Waals surface area contributed by atoms with Crippen LogP contribution in [0.5, 0.6) is 0 Å². The normalized spacial score (nSPS) is 18.2. The topological polar surface area (TPSA) is 39.7 Å². The van der Waals surface area contributed by atoms with E-state index in [-0.39, 0.29) is 0 Å². The van der Waals surface area contributed by atoms with E-state index >= 15 is 0 Å². The minimum atomic E-state index is 0.887. The van der Waals surface area contributed by atoms with Gasteiger partial charge in [-0.15, -0.1) is 0 Å². The van der Waals surface area contributed by atoms with Gasteiger partial charge in [0.2, 0.25) is 0 Å². The first-order chi connectivity index (χ1) is 9.76. The van der Waals surface area contributed by atoms with Crippen LogP contribution in [0.4, 0.5) is 0 Å². The highest BCUT2D eigenvalue weighted by molar-refractivity contribution is 7.98. The Labute approximate surface area is 129 Å². The molecule has 20 heavy (non-hydrogen) atoms. The lowest BCUT2D eigenvalue weighted by Crippen LogP contribution is -2.39. The lowest BCUT2D eigenvalue weighted by Gasteiger charge is -2.29. The molecular formula is C15H32N4S. The second-order valence-electron chi connectivity index (χ2n) is 5.66. The minimum Gasteiger partial charge on any atom is -0.356 e. The van der Waals surface area contributed by atoms with Crippen LogP contribution in [0.25, 0.3) is 0 Å². The van der Waals surface area contributed by atoms with Crippen LogP contribution in [0.15, 0.2) is 4.99 Å². The third-order valence-electron chi connectivity index (χ3n) is 3.97. The van der Waals surface area contributed by atoms with Crippen molar-refractivity contribution < 1.29 is 0 Å². The lowest BCUT2D eigenvalue weighted by molar-refractivity contribution is 0.213. The molecule has 1 aliphatic heterocycles. The molecule has 0 aromatic heterocycles. The Bertz CT molecular complexity index is 263. The van der Waals surface area contributed by atoms with Gasteiger partial charge in [0.25, 0.3) is 0 Å². The zero-order chi connectivity index (χ0) is 14.6. The molecular weight excluding hydrogens is 268 g/mol. The number of rotatable bonds is 8. The van der Waals surface area contributed by atoms with E-state index in [4.69, 9.17) is 0 Å². The van der Waals surface area contributed by atoms with Crippen molar-refractivity contribution >= 4 is 17.7 Å². The average Bonchev–Trinajstić information content (AvgIpc) is 2.47. The Kier molecular flexibility index (Phi) is 9.93. The first-order valence-corrected chi connectivity index (χ1v) is 9.27. The van der Waals surface area contributed by atoms with Crippen molar-refractivity contribution in [1.29, 1.82) is 0 Å². The Morgan fingerprint density at radius 2 is 1.90 bits per heavy atom. The fourth-order valence-electron chi connectivity index (χ4n) is 2.54. The van der Waals surface area contributed by atoms with Gasteiger partial charge in [0.05, 0.1) is 0 Å². The van der Waals surface area contributed by atoms with Crippen LogP contribution < -0.4 is 10.6 Å². The SMILES string of the molecule is CN=C(NCCCCSC)NCCC1CCN(C)CC1. The largest absolute Gasteiger partial charge is 0.356 e. The van der Waals surface area contributed by atoms with E-state index in [9.17, 15) is 0 Å². The van der Waals surface area contributed by atoms with Crippen molar-refractivity contribution in [2.75, 3.05) is 52.3 Å². The number of likely N-dealkylation sites (tertiary alicyclic amines) is 1. The predicted molar refractivity (Wildman–Crippen MR) is 91.8 cm³/mol. The summed E-state index contributed by atoms with van der Waals surface area (Å²) in [5, 5.41) is 6.83. The van der Waals surface area contributed by atoms with E-state index in [1.165, 1.54) is 50.9 Å². The second kappa shape index (κ2) is 11.3. The number of nitrogens with zero attached hydrogens (tertiary/aromatic N) is 2. The molecule has 4 nitrogen and oxygen atoms in total. The Morgan fingerprint density at radius 3 is 2.55 bits per heavy atom. The second-order valence-corrected chi connectivity index (χ2v) is 6.65. The molecule has 0 aromatic carbocycles. The number of unbranched alkanes of at least 4 members (excludes halogenated alkanes) is 1. The molecule has 0 aliphatic carbocycles. The molecule has 0 atom stereocenters. The summed E-state index contributed by atoms with van der Waals surface area (Å²) in [5.41, 5.74) is 0. The van der Waals surface area contributed by atoms with Crippen LogP contribution >= 0.6 is 11.8 Å². The van der Waals surface area contributed by atoms with E-state index in [1.807, 2.05) is 18.8 Å². The van der Waals surface area contributed by atoms with Gasteiger partial charge in [-0.05, 0) is 70.2 Å². The van der Waals surface area contributed by atoms with Crippen LogP contribution in [-0.4, -0.2) is 63.1 Å². The highest BCUT2D eigenvalue weighted by Gasteiger charge is 2.15. The molecule has 1 aliphatic rings. The van der Waals surface area contributed by atoms with Crippen LogP contribution in [0.1, 0.15) is 32.1 Å². The van der Waals surface area contributed by atoms with Gasteiger partial charge in [0.1, 0.15) is 0 Å². The third-order valence-corrected chi connectivity index (χ3v) is 4.67. The molecule has 118 valence electrons. The first kappa shape index (κ1) is 17.6. The summed E-state index contributed by atoms with van der Waals surface area (Å²) >= 11 is 1.92. The molecule has 1 heterocycles. The summed E-state index contributed by atoms with van der Waals surface area (Å²) in [5.74, 6) is 3.10. The van der Waals surface area contributed by atoms with Crippen molar-refractivity contribution in [1.82, 2.24) is 15.5 Å². The summed E-state index contributed by atoms with van der Waals surface area (Å²) in [4.78, 5) is 6.71. The maximum Gasteiger partial charge on any atom is 0.190 e. The fourth-order valence-corrected chi connectivity index (χ4v) is 3.04. The fraction of sp³-hybridized carbons (Fsp3) is 0.933. The highest BCUT2D eigenvalue weighted by atomic mass is 32.2. The molecule has 2 N–H and O–H groups in total. The van der Waals surface area contributed by atoms with Gasteiger partial charge in [-0.25, -0.2) is 0 Å². The Morgan fingerprint density at radius 1 is 1.20 bits per heavy atom. The van der Waals surface area contributed by atoms with E-state index in [2.05, 4.69) is 33.8 Å². The zero-order valence-corrected chi connectivity index (χ0v) is 14.3. The van der Waals surface area contributed by atoms with E-state index < -0.39 is 0 Å². The molecule has 0 bridgehead atoms. The van der Waals surface area contributed by atoms with Gasteiger partial charge in [-0.1, -0.05) is 0 Å². The summed E-state index contributed by atoms with van der Waals surface area (Å²) in [6.45, 7) is 4.58. The Balaban J connectivity index is 2.03. The smallest absolute Gasteiger partial charge is 0.190 e. The highest BCUT2D eigenvalue weighted by Crippen LogP contribution is 2.18. The van der Waals surface area contributed by atoms with Crippen molar-refractivity contribution in [3.05, 3.63) is 0 Å². The maximum atomic E-state index is 4.28.